The van der Waals surface area contributed by atoms with E-state index in [0.29, 0.717) is 17.1 Å². The number of fused-ring (bicyclic) bond motifs is 1. The lowest BCUT2D eigenvalue weighted by Crippen LogP contribution is -2.28. The summed E-state index contributed by atoms with van der Waals surface area (Å²) in [5.41, 5.74) is 0.247. The molecule has 0 atom stereocenters. The molecule has 2 aromatic heterocycles. The molecule has 2 N–H and O–H groups in total. The molecule has 0 bridgehead atoms. The van der Waals surface area contributed by atoms with Crippen molar-refractivity contribution in [2.75, 3.05) is 5.75 Å². The molecular formula is C15H14N4O4S. The third kappa shape index (κ3) is 2.98. The van der Waals surface area contributed by atoms with Crippen LogP contribution in [-0.2, 0) is 18.4 Å². The van der Waals surface area contributed by atoms with Crippen molar-refractivity contribution < 1.29 is 9.90 Å². The molecule has 24 heavy (non-hydrogen) atoms. The Hall–Kier alpha value is -2.81. The third-order valence-electron chi connectivity index (χ3n) is 3.47. The van der Waals surface area contributed by atoms with Crippen molar-refractivity contribution in [3.8, 4) is 0 Å². The quantitative estimate of drug-likeness (QED) is 0.656. The molecule has 0 aliphatic rings. The van der Waals surface area contributed by atoms with Crippen molar-refractivity contribution in [3.05, 3.63) is 56.7 Å². The van der Waals surface area contributed by atoms with E-state index in [9.17, 15) is 14.4 Å². The molecule has 9 heteroatoms. The molecule has 2 heterocycles. The van der Waals surface area contributed by atoms with Crippen LogP contribution in [-0.4, -0.2) is 36.2 Å². The largest absolute Gasteiger partial charge is 0.481 e. The number of hydrogen-bond donors (Lipinski definition) is 2. The number of carbonyl (C=O) groups is 1. The molecule has 0 spiro atoms. The number of nitrogens with zero attached hydrogens (tertiary/aromatic N) is 3. The number of carboxylic acid groups (broad SMARTS) is 1. The van der Waals surface area contributed by atoms with Crippen LogP contribution in [0.25, 0.3) is 11.0 Å². The van der Waals surface area contributed by atoms with Gasteiger partial charge in [-0.15, -0.1) is 0 Å². The number of aromatic nitrogens is 4. The van der Waals surface area contributed by atoms with E-state index in [4.69, 9.17) is 5.11 Å². The monoisotopic (exact) mass is 346 g/mol. The second-order valence-electron chi connectivity index (χ2n) is 5.15. The first-order valence-corrected chi connectivity index (χ1v) is 8.04. The SMILES string of the molecule is Cn1c(=O)[nH]c(=O)c2nn(Cc3ccccc3)c(SCC(=O)O)c21. The summed E-state index contributed by atoms with van der Waals surface area (Å²) in [6.07, 6.45) is 0. The zero-order valence-electron chi connectivity index (χ0n) is 12.7. The number of thioether (sulfide) groups is 1. The summed E-state index contributed by atoms with van der Waals surface area (Å²) in [4.78, 5) is 37.0. The van der Waals surface area contributed by atoms with Crippen molar-refractivity contribution in [2.24, 2.45) is 7.05 Å². The van der Waals surface area contributed by atoms with E-state index in [-0.39, 0.29) is 11.3 Å². The van der Waals surface area contributed by atoms with Crippen LogP contribution in [0.3, 0.4) is 0 Å². The molecule has 1 aromatic carbocycles. The first kappa shape index (κ1) is 16.1. The minimum absolute atomic E-state index is 0.112. The number of rotatable bonds is 5. The molecule has 0 unspecified atom stereocenters. The lowest BCUT2D eigenvalue weighted by Gasteiger charge is -2.07. The minimum Gasteiger partial charge on any atom is -0.481 e. The lowest BCUT2D eigenvalue weighted by atomic mass is 10.2. The summed E-state index contributed by atoms with van der Waals surface area (Å²) < 4.78 is 2.83. The van der Waals surface area contributed by atoms with Gasteiger partial charge in [-0.2, -0.15) is 5.10 Å². The maximum Gasteiger partial charge on any atom is 0.328 e. The van der Waals surface area contributed by atoms with Gasteiger partial charge in [-0.3, -0.25) is 23.8 Å². The highest BCUT2D eigenvalue weighted by Crippen LogP contribution is 2.26. The van der Waals surface area contributed by atoms with Gasteiger partial charge in [-0.25, -0.2) is 4.79 Å². The van der Waals surface area contributed by atoms with Crippen molar-refractivity contribution in [2.45, 2.75) is 11.6 Å². The number of H-pyrrole nitrogens is 1. The van der Waals surface area contributed by atoms with Crippen LogP contribution in [0.2, 0.25) is 0 Å². The Morgan fingerprint density at radius 1 is 1.29 bits per heavy atom. The summed E-state index contributed by atoms with van der Waals surface area (Å²) >= 11 is 1.03. The molecule has 124 valence electrons. The van der Waals surface area contributed by atoms with Crippen LogP contribution in [0.1, 0.15) is 5.56 Å². The van der Waals surface area contributed by atoms with Gasteiger partial charge in [0.2, 0.25) is 0 Å². The van der Waals surface area contributed by atoms with Crippen LogP contribution in [0.5, 0.6) is 0 Å². The number of aromatic amines is 1. The molecule has 8 nitrogen and oxygen atoms in total. The smallest absolute Gasteiger partial charge is 0.328 e. The van der Waals surface area contributed by atoms with Gasteiger partial charge in [0.1, 0.15) is 10.5 Å². The zero-order valence-corrected chi connectivity index (χ0v) is 13.5. The van der Waals surface area contributed by atoms with Gasteiger partial charge in [0.15, 0.2) is 5.52 Å². The van der Waals surface area contributed by atoms with E-state index in [1.165, 1.54) is 11.6 Å². The molecule has 0 saturated heterocycles. The van der Waals surface area contributed by atoms with Gasteiger partial charge in [0.25, 0.3) is 5.56 Å². The first-order valence-electron chi connectivity index (χ1n) is 7.05. The van der Waals surface area contributed by atoms with E-state index in [1.54, 1.807) is 4.68 Å². The van der Waals surface area contributed by atoms with Gasteiger partial charge in [0.05, 0.1) is 12.3 Å². The Labute approximate surface area is 139 Å². The van der Waals surface area contributed by atoms with Crippen LogP contribution in [0.4, 0.5) is 0 Å². The number of carboxylic acids is 1. The average molecular weight is 346 g/mol. The predicted molar refractivity (Wildman–Crippen MR) is 89.5 cm³/mol. The van der Waals surface area contributed by atoms with Gasteiger partial charge in [-0.1, -0.05) is 42.1 Å². The Morgan fingerprint density at radius 3 is 2.67 bits per heavy atom. The van der Waals surface area contributed by atoms with Crippen LogP contribution >= 0.6 is 11.8 Å². The molecule has 0 aliphatic heterocycles. The van der Waals surface area contributed by atoms with Gasteiger partial charge < -0.3 is 5.11 Å². The van der Waals surface area contributed by atoms with Crippen molar-refractivity contribution >= 4 is 28.8 Å². The maximum absolute atomic E-state index is 12.0. The summed E-state index contributed by atoms with van der Waals surface area (Å²) in [5, 5.41) is 13.7. The fraction of sp³-hybridized carbons (Fsp3) is 0.200. The highest BCUT2D eigenvalue weighted by Gasteiger charge is 2.19. The second kappa shape index (κ2) is 6.36. The summed E-state index contributed by atoms with van der Waals surface area (Å²) in [7, 11) is 1.51. The highest BCUT2D eigenvalue weighted by molar-refractivity contribution is 8.00. The minimum atomic E-state index is -0.990. The Kier molecular flexibility index (Phi) is 4.26. The maximum atomic E-state index is 12.0. The van der Waals surface area contributed by atoms with E-state index in [0.717, 1.165) is 17.3 Å². The fourth-order valence-electron chi connectivity index (χ4n) is 2.37. The topological polar surface area (TPSA) is 110 Å². The van der Waals surface area contributed by atoms with Crippen LogP contribution < -0.4 is 11.2 Å². The Balaban J connectivity index is 2.20. The first-order chi connectivity index (χ1) is 11.5. The molecule has 0 amide bonds. The Morgan fingerprint density at radius 2 is 2.00 bits per heavy atom. The van der Waals surface area contributed by atoms with E-state index >= 15 is 0 Å². The standard InChI is InChI=1S/C15H14N4O4S/c1-18-12-11(13(22)16-15(18)23)17-19(14(12)24-8-10(20)21)7-9-5-3-2-4-6-9/h2-6H,7-8H2,1H3,(H,20,21)(H,16,22,23). The number of benzene rings is 1. The predicted octanol–water partition coefficient (Wildman–Crippen LogP) is 0.648. The third-order valence-corrected chi connectivity index (χ3v) is 4.53. The second-order valence-corrected chi connectivity index (χ2v) is 6.11. The summed E-state index contributed by atoms with van der Waals surface area (Å²) in [5.74, 6) is -1.19. The van der Waals surface area contributed by atoms with Crippen LogP contribution in [0.15, 0.2) is 44.9 Å². The Bertz CT molecular complexity index is 1020. The molecular weight excluding hydrogens is 332 g/mol. The van der Waals surface area contributed by atoms with Crippen molar-refractivity contribution in [3.63, 3.8) is 0 Å². The number of hydrogen-bond acceptors (Lipinski definition) is 5. The van der Waals surface area contributed by atoms with Gasteiger partial charge in [-0.05, 0) is 5.56 Å². The van der Waals surface area contributed by atoms with Crippen molar-refractivity contribution in [1.29, 1.82) is 0 Å². The summed E-state index contributed by atoms with van der Waals surface area (Å²) in [6, 6.07) is 9.45. The lowest BCUT2D eigenvalue weighted by molar-refractivity contribution is -0.133. The normalized spacial score (nSPS) is 11.0. The fourth-order valence-corrected chi connectivity index (χ4v) is 3.26. The van der Waals surface area contributed by atoms with Gasteiger partial charge in [0, 0.05) is 7.05 Å². The zero-order chi connectivity index (χ0) is 17.3. The van der Waals surface area contributed by atoms with Crippen LogP contribution in [0, 0.1) is 0 Å². The van der Waals surface area contributed by atoms with E-state index < -0.39 is 17.2 Å². The molecule has 0 radical (unpaired) electrons. The molecule has 3 rings (SSSR count). The van der Waals surface area contributed by atoms with E-state index in [2.05, 4.69) is 10.1 Å². The number of aryl methyl sites for hydroxylation is 1. The molecule has 0 aliphatic carbocycles. The number of aliphatic carboxylic acids is 1. The van der Waals surface area contributed by atoms with E-state index in [1.807, 2.05) is 30.3 Å². The molecule has 0 saturated carbocycles. The average Bonchev–Trinajstić information content (AvgIpc) is 2.90. The number of nitrogens with one attached hydrogen (secondary N) is 1. The summed E-state index contributed by atoms with van der Waals surface area (Å²) in [6.45, 7) is 0.366. The van der Waals surface area contributed by atoms with Gasteiger partial charge >= 0.3 is 11.7 Å². The van der Waals surface area contributed by atoms with Crippen molar-refractivity contribution in [1.82, 2.24) is 19.3 Å². The highest BCUT2D eigenvalue weighted by atomic mass is 32.2. The molecule has 0 fully saturated rings. The molecule has 3 aromatic rings.